The third kappa shape index (κ3) is 4.04. The third-order valence-corrected chi connectivity index (χ3v) is 4.77. The number of anilines is 1. The van der Waals surface area contributed by atoms with Crippen molar-refractivity contribution in [3.05, 3.63) is 49.9 Å². The zero-order chi connectivity index (χ0) is 14.9. The lowest BCUT2D eigenvalue weighted by Gasteiger charge is -2.28. The molecule has 1 aliphatic rings. The summed E-state index contributed by atoms with van der Waals surface area (Å²) >= 11 is 13.1. The van der Waals surface area contributed by atoms with Crippen molar-refractivity contribution in [1.82, 2.24) is 0 Å². The molecule has 7 heteroatoms. The van der Waals surface area contributed by atoms with Crippen LogP contribution in [0.2, 0.25) is 0 Å². The highest BCUT2D eigenvalue weighted by molar-refractivity contribution is 9.12. The van der Waals surface area contributed by atoms with Crippen LogP contribution in [0.15, 0.2) is 49.9 Å². The van der Waals surface area contributed by atoms with E-state index in [1.807, 2.05) is 6.07 Å². The number of rotatable bonds is 2. The summed E-state index contributed by atoms with van der Waals surface area (Å²) in [5.41, 5.74) is 0.640. The lowest BCUT2D eigenvalue weighted by Crippen LogP contribution is -2.38. The van der Waals surface area contributed by atoms with Gasteiger partial charge in [-0.15, -0.1) is 0 Å². The molecular weight excluding hydrogens is 522 g/mol. The van der Waals surface area contributed by atoms with Crippen molar-refractivity contribution >= 4 is 75.3 Å². The summed E-state index contributed by atoms with van der Waals surface area (Å²) in [5, 5.41) is 13.0. The van der Waals surface area contributed by atoms with Gasteiger partial charge in [0, 0.05) is 19.1 Å². The number of hydrogen-bond acceptors (Lipinski definition) is 2. The fourth-order valence-electron chi connectivity index (χ4n) is 1.77. The Hall–Kier alpha value is 0.0500. The molecule has 2 unspecified atom stereocenters. The molecule has 2 N–H and O–H groups in total. The predicted octanol–water partition coefficient (Wildman–Crippen LogP) is 4.70. The Kier molecular flexibility index (Phi) is 5.29. The summed E-state index contributed by atoms with van der Waals surface area (Å²) in [6.45, 7) is 0. The van der Waals surface area contributed by atoms with Crippen LogP contribution in [0.4, 0.5) is 5.69 Å². The monoisotopic (exact) mass is 527 g/mol. The molecule has 20 heavy (non-hydrogen) atoms. The SMILES string of the molecule is O=C(Nc1cc(Br)cc(Br)c1)C1C=CC(Br)=CC1(O)Br. The van der Waals surface area contributed by atoms with Crippen molar-refractivity contribution in [2.24, 2.45) is 5.92 Å². The quantitative estimate of drug-likeness (QED) is 0.545. The molecule has 1 aliphatic carbocycles. The minimum Gasteiger partial charge on any atom is -0.374 e. The molecule has 2 atom stereocenters. The van der Waals surface area contributed by atoms with Gasteiger partial charge < -0.3 is 10.4 Å². The number of halogens is 4. The molecule has 0 fully saturated rings. The molecule has 1 aromatic rings. The summed E-state index contributed by atoms with van der Waals surface area (Å²) in [6, 6.07) is 5.44. The number of hydrogen-bond donors (Lipinski definition) is 2. The van der Waals surface area contributed by atoms with Crippen molar-refractivity contribution in [2.75, 3.05) is 5.32 Å². The molecule has 3 nitrogen and oxygen atoms in total. The van der Waals surface area contributed by atoms with Crippen LogP contribution in [0.5, 0.6) is 0 Å². The van der Waals surface area contributed by atoms with Crippen molar-refractivity contribution in [3.8, 4) is 0 Å². The van der Waals surface area contributed by atoms with Gasteiger partial charge in [-0.2, -0.15) is 0 Å². The zero-order valence-electron chi connectivity index (χ0n) is 9.91. The highest BCUT2D eigenvalue weighted by atomic mass is 79.9. The molecule has 0 radical (unpaired) electrons. The number of nitrogens with one attached hydrogen (secondary N) is 1. The molecule has 0 saturated carbocycles. The molecule has 0 heterocycles. The minimum absolute atomic E-state index is 0.304. The Morgan fingerprint density at radius 3 is 2.35 bits per heavy atom. The van der Waals surface area contributed by atoms with E-state index in [1.54, 1.807) is 24.3 Å². The average Bonchev–Trinajstić information content (AvgIpc) is 2.25. The van der Waals surface area contributed by atoms with E-state index in [0.29, 0.717) is 10.2 Å². The first-order valence-electron chi connectivity index (χ1n) is 5.53. The molecule has 0 spiro atoms. The maximum absolute atomic E-state index is 12.3. The molecule has 0 aromatic heterocycles. The van der Waals surface area contributed by atoms with E-state index in [4.69, 9.17) is 0 Å². The van der Waals surface area contributed by atoms with Crippen LogP contribution < -0.4 is 5.32 Å². The molecule has 0 aliphatic heterocycles. The number of alkyl halides is 1. The van der Waals surface area contributed by atoms with Crippen LogP contribution in [0.1, 0.15) is 0 Å². The van der Waals surface area contributed by atoms with Crippen molar-refractivity contribution in [1.29, 1.82) is 0 Å². The third-order valence-electron chi connectivity index (χ3n) is 2.64. The fourth-order valence-corrected chi connectivity index (χ4v) is 4.48. The predicted molar refractivity (Wildman–Crippen MR) is 94.0 cm³/mol. The van der Waals surface area contributed by atoms with Crippen LogP contribution in [0.25, 0.3) is 0 Å². The van der Waals surface area contributed by atoms with E-state index < -0.39 is 10.4 Å². The zero-order valence-corrected chi connectivity index (χ0v) is 16.3. The minimum atomic E-state index is -1.41. The number of aliphatic hydroxyl groups is 1. The number of carbonyl (C=O) groups excluding carboxylic acids is 1. The maximum atomic E-state index is 12.3. The van der Waals surface area contributed by atoms with E-state index in [0.717, 1.165) is 8.95 Å². The second kappa shape index (κ2) is 6.44. The standard InChI is InChI=1S/C13H9Br4NO2/c14-7-1-2-11(13(17,20)6-7)12(19)18-10-4-8(15)3-9(16)5-10/h1-6,11,20H,(H,18,19). The van der Waals surface area contributed by atoms with E-state index in [1.165, 1.54) is 6.08 Å². The van der Waals surface area contributed by atoms with Crippen LogP contribution in [-0.2, 0) is 4.79 Å². The first kappa shape index (κ1) is 16.4. The number of carbonyl (C=O) groups is 1. The van der Waals surface area contributed by atoms with Crippen LogP contribution in [0.3, 0.4) is 0 Å². The highest BCUT2D eigenvalue weighted by Gasteiger charge is 2.37. The first-order valence-corrected chi connectivity index (χ1v) is 8.70. The van der Waals surface area contributed by atoms with Crippen molar-refractivity contribution < 1.29 is 9.90 Å². The number of benzene rings is 1. The van der Waals surface area contributed by atoms with Gasteiger partial charge in [-0.1, -0.05) is 59.9 Å². The van der Waals surface area contributed by atoms with Gasteiger partial charge >= 0.3 is 0 Å². The Bertz CT molecular complexity index is 590. The van der Waals surface area contributed by atoms with Crippen LogP contribution >= 0.6 is 63.7 Å². The molecule has 106 valence electrons. The van der Waals surface area contributed by atoms with Crippen molar-refractivity contribution in [2.45, 2.75) is 4.51 Å². The summed E-state index contributed by atoms with van der Waals surface area (Å²) < 4.78 is 0.996. The summed E-state index contributed by atoms with van der Waals surface area (Å²) in [5.74, 6) is -1.02. The Morgan fingerprint density at radius 1 is 1.20 bits per heavy atom. The summed E-state index contributed by atoms with van der Waals surface area (Å²) in [4.78, 5) is 12.3. The largest absolute Gasteiger partial charge is 0.374 e. The van der Waals surface area contributed by atoms with Gasteiger partial charge in [0.2, 0.25) is 5.91 Å². The van der Waals surface area contributed by atoms with E-state index in [9.17, 15) is 9.90 Å². The molecule has 0 saturated heterocycles. The molecular formula is C13H9Br4NO2. The first-order chi connectivity index (χ1) is 9.28. The molecule has 0 bridgehead atoms. The highest BCUT2D eigenvalue weighted by Crippen LogP contribution is 2.35. The van der Waals surface area contributed by atoms with Crippen LogP contribution in [0, 0.1) is 5.92 Å². The summed E-state index contributed by atoms with van der Waals surface area (Å²) in [6.07, 6.45) is 4.91. The van der Waals surface area contributed by atoms with Gasteiger partial charge in [-0.3, -0.25) is 4.79 Å². The molecule has 1 aromatic carbocycles. The van der Waals surface area contributed by atoms with Gasteiger partial charge in [-0.05, 0) is 40.2 Å². The lowest BCUT2D eigenvalue weighted by molar-refractivity contribution is -0.121. The molecule has 1 amide bonds. The van der Waals surface area contributed by atoms with Gasteiger partial charge in [-0.25, -0.2) is 0 Å². The average molecular weight is 531 g/mol. The smallest absolute Gasteiger partial charge is 0.235 e. The molecule has 2 rings (SSSR count). The fraction of sp³-hybridized carbons (Fsp3) is 0.154. The summed E-state index contributed by atoms with van der Waals surface area (Å²) in [7, 11) is 0. The van der Waals surface area contributed by atoms with Gasteiger partial charge in [0.05, 0.1) is 5.92 Å². The second-order valence-corrected chi connectivity index (χ2v) is 8.26. The number of amides is 1. The van der Waals surface area contributed by atoms with Crippen molar-refractivity contribution in [3.63, 3.8) is 0 Å². The van der Waals surface area contributed by atoms with Gasteiger partial charge in [0.1, 0.15) is 0 Å². The van der Waals surface area contributed by atoms with E-state index in [2.05, 4.69) is 69.0 Å². The number of allylic oxidation sites excluding steroid dienone is 2. The van der Waals surface area contributed by atoms with E-state index in [-0.39, 0.29) is 5.91 Å². The normalized spacial score (nSPS) is 25.2. The second-order valence-electron chi connectivity index (χ2n) is 4.24. The van der Waals surface area contributed by atoms with Crippen LogP contribution in [-0.4, -0.2) is 15.5 Å². The van der Waals surface area contributed by atoms with Gasteiger partial charge in [0.15, 0.2) is 4.51 Å². The Morgan fingerprint density at radius 2 is 1.80 bits per heavy atom. The topological polar surface area (TPSA) is 49.3 Å². The van der Waals surface area contributed by atoms with E-state index >= 15 is 0 Å². The maximum Gasteiger partial charge on any atom is 0.235 e. The Labute approximate surface area is 150 Å². The lowest BCUT2D eigenvalue weighted by atomic mass is 9.96. The van der Waals surface area contributed by atoms with Gasteiger partial charge in [0.25, 0.3) is 0 Å². The Balaban J connectivity index is 2.19.